The number of aromatic nitrogens is 1. The highest BCUT2D eigenvalue weighted by Crippen LogP contribution is 2.15. The lowest BCUT2D eigenvalue weighted by Crippen LogP contribution is -2.40. The summed E-state index contributed by atoms with van der Waals surface area (Å²) in [7, 11) is 4.06. The maximum Gasteiger partial charge on any atom is 0.253 e. The second-order valence-corrected chi connectivity index (χ2v) is 8.31. The number of aryl methyl sites for hydroxylation is 2. The van der Waals surface area contributed by atoms with E-state index in [1.54, 1.807) is 0 Å². The standard InChI is InChI=1S/C24H30N4OS/c1-5-18-7-9-21(10-8-18)25-24(30)28(13-12-27(3)4)16-20-15-19-14-17(2)6-11-22(19)26-23(20)29/h6-11,14-15H,5,12-13,16H2,1-4H3,(H,25,30)(H,26,29). The number of anilines is 1. The van der Waals surface area contributed by atoms with Gasteiger partial charge in [-0.15, -0.1) is 0 Å². The summed E-state index contributed by atoms with van der Waals surface area (Å²) in [5.74, 6) is 0. The molecule has 0 aliphatic rings. The summed E-state index contributed by atoms with van der Waals surface area (Å²) >= 11 is 5.71. The van der Waals surface area contributed by atoms with Gasteiger partial charge in [0.1, 0.15) is 0 Å². The van der Waals surface area contributed by atoms with Crippen LogP contribution in [0.1, 0.15) is 23.6 Å². The Kier molecular flexibility index (Phi) is 7.24. The molecule has 5 nitrogen and oxygen atoms in total. The molecule has 0 aliphatic heterocycles. The van der Waals surface area contributed by atoms with E-state index in [9.17, 15) is 4.79 Å². The highest BCUT2D eigenvalue weighted by Gasteiger charge is 2.14. The van der Waals surface area contributed by atoms with Gasteiger partial charge in [0.25, 0.3) is 5.56 Å². The van der Waals surface area contributed by atoms with Gasteiger partial charge in [-0.3, -0.25) is 4.79 Å². The Morgan fingerprint density at radius 1 is 1.07 bits per heavy atom. The summed E-state index contributed by atoms with van der Waals surface area (Å²) in [4.78, 5) is 19.8. The Morgan fingerprint density at radius 2 is 1.80 bits per heavy atom. The van der Waals surface area contributed by atoms with Crippen molar-refractivity contribution in [2.75, 3.05) is 32.5 Å². The minimum Gasteiger partial charge on any atom is -0.343 e. The Balaban J connectivity index is 1.83. The first kappa shape index (κ1) is 22.0. The number of thiocarbonyl (C=S) groups is 1. The van der Waals surface area contributed by atoms with E-state index < -0.39 is 0 Å². The first-order chi connectivity index (χ1) is 14.4. The molecule has 2 aromatic carbocycles. The van der Waals surface area contributed by atoms with Crippen LogP contribution >= 0.6 is 12.2 Å². The zero-order valence-corrected chi connectivity index (χ0v) is 19.0. The minimum absolute atomic E-state index is 0.0729. The molecule has 0 saturated carbocycles. The van der Waals surface area contributed by atoms with Crippen molar-refractivity contribution in [1.82, 2.24) is 14.8 Å². The van der Waals surface area contributed by atoms with Crippen molar-refractivity contribution in [1.29, 1.82) is 0 Å². The van der Waals surface area contributed by atoms with Gasteiger partial charge in [0.15, 0.2) is 5.11 Å². The van der Waals surface area contributed by atoms with Crippen LogP contribution in [0.25, 0.3) is 10.9 Å². The lowest BCUT2D eigenvalue weighted by molar-refractivity contribution is 0.327. The van der Waals surface area contributed by atoms with Gasteiger partial charge in [-0.25, -0.2) is 0 Å². The number of rotatable bonds is 7. The first-order valence-electron chi connectivity index (χ1n) is 10.3. The van der Waals surface area contributed by atoms with Crippen LogP contribution in [0.3, 0.4) is 0 Å². The van der Waals surface area contributed by atoms with Crippen molar-refractivity contribution in [3.63, 3.8) is 0 Å². The monoisotopic (exact) mass is 422 g/mol. The Bertz CT molecular complexity index is 1070. The SMILES string of the molecule is CCc1ccc(NC(=S)N(CCN(C)C)Cc2cc3cc(C)ccc3[nH]c2=O)cc1. The minimum atomic E-state index is -0.0729. The predicted molar refractivity (Wildman–Crippen MR) is 130 cm³/mol. The third-order valence-corrected chi connectivity index (χ3v) is 5.52. The molecule has 0 spiro atoms. The van der Waals surface area contributed by atoms with Crippen LogP contribution in [-0.4, -0.2) is 47.1 Å². The van der Waals surface area contributed by atoms with E-state index in [4.69, 9.17) is 12.2 Å². The number of aromatic amines is 1. The fourth-order valence-corrected chi connectivity index (χ4v) is 3.57. The van der Waals surface area contributed by atoms with E-state index in [1.165, 1.54) is 5.56 Å². The number of fused-ring (bicyclic) bond motifs is 1. The Hall–Kier alpha value is -2.70. The number of benzene rings is 2. The second-order valence-electron chi connectivity index (χ2n) is 7.92. The summed E-state index contributed by atoms with van der Waals surface area (Å²) in [5, 5.41) is 4.98. The molecule has 0 atom stereocenters. The van der Waals surface area contributed by atoms with Gasteiger partial charge in [0, 0.05) is 29.9 Å². The largest absolute Gasteiger partial charge is 0.343 e. The van der Waals surface area contributed by atoms with Crippen LogP contribution < -0.4 is 10.9 Å². The average molecular weight is 423 g/mol. The molecular formula is C24H30N4OS. The maximum atomic E-state index is 12.7. The van der Waals surface area contributed by atoms with E-state index >= 15 is 0 Å². The molecule has 0 unspecified atom stereocenters. The molecule has 3 rings (SSSR count). The lowest BCUT2D eigenvalue weighted by Gasteiger charge is -2.27. The molecule has 3 aromatic rings. The van der Waals surface area contributed by atoms with Crippen LogP contribution in [0, 0.1) is 6.92 Å². The van der Waals surface area contributed by atoms with E-state index in [-0.39, 0.29) is 5.56 Å². The number of H-pyrrole nitrogens is 1. The summed E-state index contributed by atoms with van der Waals surface area (Å²) in [6.07, 6.45) is 1.00. The maximum absolute atomic E-state index is 12.7. The number of nitrogens with zero attached hydrogens (tertiary/aromatic N) is 2. The molecule has 1 aromatic heterocycles. The lowest BCUT2D eigenvalue weighted by atomic mass is 10.1. The normalized spacial score (nSPS) is 11.1. The molecular weight excluding hydrogens is 392 g/mol. The van der Waals surface area contributed by atoms with Gasteiger partial charge < -0.3 is 20.1 Å². The number of pyridine rings is 1. The Morgan fingerprint density at radius 3 is 2.47 bits per heavy atom. The van der Waals surface area contributed by atoms with Crippen LogP contribution in [0.5, 0.6) is 0 Å². The molecule has 6 heteroatoms. The van der Waals surface area contributed by atoms with Crippen molar-refractivity contribution >= 4 is 33.9 Å². The molecule has 0 aliphatic carbocycles. The zero-order valence-electron chi connectivity index (χ0n) is 18.2. The highest BCUT2D eigenvalue weighted by atomic mass is 32.1. The summed E-state index contributed by atoms with van der Waals surface area (Å²) in [5.41, 5.74) is 4.89. The summed E-state index contributed by atoms with van der Waals surface area (Å²) < 4.78 is 0. The third-order valence-electron chi connectivity index (χ3n) is 5.16. The van der Waals surface area contributed by atoms with Crippen LogP contribution in [0.15, 0.2) is 53.3 Å². The van der Waals surface area contributed by atoms with Crippen molar-refractivity contribution in [3.8, 4) is 0 Å². The van der Waals surface area contributed by atoms with Gasteiger partial charge in [-0.1, -0.05) is 30.7 Å². The highest BCUT2D eigenvalue weighted by molar-refractivity contribution is 7.80. The molecule has 0 fully saturated rings. The fraction of sp³-hybridized carbons (Fsp3) is 0.333. The predicted octanol–water partition coefficient (Wildman–Crippen LogP) is 4.16. The van der Waals surface area contributed by atoms with E-state index in [0.29, 0.717) is 17.2 Å². The molecule has 30 heavy (non-hydrogen) atoms. The summed E-state index contributed by atoms with van der Waals surface area (Å²) in [6.45, 7) is 6.19. The van der Waals surface area contributed by atoms with Gasteiger partial charge in [0.2, 0.25) is 0 Å². The second kappa shape index (κ2) is 9.87. The number of hydrogen-bond acceptors (Lipinski definition) is 3. The number of likely N-dealkylation sites (N-methyl/N-ethyl adjacent to an activating group) is 1. The van der Waals surface area contributed by atoms with E-state index in [1.807, 2.05) is 44.4 Å². The molecule has 1 heterocycles. The van der Waals surface area contributed by atoms with Crippen molar-refractivity contribution in [3.05, 3.63) is 75.6 Å². The third kappa shape index (κ3) is 5.68. The first-order valence-corrected chi connectivity index (χ1v) is 10.7. The van der Waals surface area contributed by atoms with E-state index in [2.05, 4.69) is 52.1 Å². The molecule has 0 saturated heterocycles. The Labute approximate surface area is 183 Å². The van der Waals surface area contributed by atoms with Crippen molar-refractivity contribution in [2.45, 2.75) is 26.8 Å². The quantitative estimate of drug-likeness (QED) is 0.560. The fourth-order valence-electron chi connectivity index (χ4n) is 3.29. The smallest absolute Gasteiger partial charge is 0.253 e. The molecule has 2 N–H and O–H groups in total. The van der Waals surface area contributed by atoms with Crippen LogP contribution in [0.2, 0.25) is 0 Å². The topological polar surface area (TPSA) is 51.4 Å². The van der Waals surface area contributed by atoms with Crippen molar-refractivity contribution in [2.24, 2.45) is 0 Å². The van der Waals surface area contributed by atoms with Crippen molar-refractivity contribution < 1.29 is 0 Å². The molecule has 158 valence electrons. The molecule has 0 amide bonds. The average Bonchev–Trinajstić information content (AvgIpc) is 2.72. The van der Waals surface area contributed by atoms with Crippen LogP contribution in [0.4, 0.5) is 5.69 Å². The number of nitrogens with one attached hydrogen (secondary N) is 2. The van der Waals surface area contributed by atoms with Gasteiger partial charge >= 0.3 is 0 Å². The van der Waals surface area contributed by atoms with Gasteiger partial charge in [-0.2, -0.15) is 0 Å². The van der Waals surface area contributed by atoms with Gasteiger partial charge in [0.05, 0.1) is 6.54 Å². The zero-order chi connectivity index (χ0) is 21.7. The molecule has 0 radical (unpaired) electrons. The number of hydrogen-bond donors (Lipinski definition) is 2. The summed E-state index contributed by atoms with van der Waals surface area (Å²) in [6, 6.07) is 16.3. The van der Waals surface area contributed by atoms with Crippen LogP contribution in [-0.2, 0) is 13.0 Å². The van der Waals surface area contributed by atoms with Gasteiger partial charge in [-0.05, 0) is 80.9 Å². The van der Waals surface area contributed by atoms with E-state index in [0.717, 1.165) is 41.7 Å². The molecule has 0 bridgehead atoms.